The Balaban J connectivity index is 1.53. The van der Waals surface area contributed by atoms with Crippen LogP contribution >= 0.6 is 11.3 Å². The molecule has 1 aromatic carbocycles. The van der Waals surface area contributed by atoms with Gasteiger partial charge >= 0.3 is 0 Å². The molecule has 28 heavy (non-hydrogen) atoms. The number of hydrogen-bond acceptors (Lipinski definition) is 4. The third-order valence-electron chi connectivity index (χ3n) is 5.56. The summed E-state index contributed by atoms with van der Waals surface area (Å²) < 4.78 is 0. The molecule has 2 unspecified atom stereocenters. The summed E-state index contributed by atoms with van der Waals surface area (Å²) in [5.41, 5.74) is 7.85. The molecule has 0 spiro atoms. The van der Waals surface area contributed by atoms with Crippen molar-refractivity contribution in [2.24, 2.45) is 17.6 Å². The van der Waals surface area contributed by atoms with Gasteiger partial charge in [-0.1, -0.05) is 25.1 Å². The largest absolute Gasteiger partial charge is 0.365 e. The quantitative estimate of drug-likeness (QED) is 0.831. The Labute approximate surface area is 167 Å². The zero-order valence-corrected chi connectivity index (χ0v) is 16.6. The number of rotatable bonds is 4. The summed E-state index contributed by atoms with van der Waals surface area (Å²) in [6.07, 6.45) is 2.89. The number of anilines is 2. The molecule has 146 valence electrons. The molecular formula is C21H23N3O3S. The van der Waals surface area contributed by atoms with Crippen molar-refractivity contribution in [1.29, 1.82) is 0 Å². The minimum absolute atomic E-state index is 0.0687. The summed E-state index contributed by atoms with van der Waals surface area (Å²) in [7, 11) is 0. The maximum absolute atomic E-state index is 12.9. The Morgan fingerprint density at radius 1 is 1.21 bits per heavy atom. The average molecular weight is 398 g/mol. The van der Waals surface area contributed by atoms with Crippen molar-refractivity contribution in [2.45, 2.75) is 32.6 Å². The van der Waals surface area contributed by atoms with Crippen LogP contribution in [0.15, 0.2) is 30.3 Å². The molecular weight excluding hydrogens is 374 g/mol. The third kappa shape index (κ3) is 3.42. The fraction of sp³-hybridized carbons (Fsp3) is 0.381. The molecule has 3 amide bonds. The van der Waals surface area contributed by atoms with E-state index in [1.165, 1.54) is 11.3 Å². The van der Waals surface area contributed by atoms with Gasteiger partial charge in [-0.25, -0.2) is 0 Å². The van der Waals surface area contributed by atoms with Gasteiger partial charge < -0.3 is 16.0 Å². The molecule has 1 aliphatic carbocycles. The molecule has 1 aromatic heterocycles. The van der Waals surface area contributed by atoms with Crippen LogP contribution in [-0.2, 0) is 22.4 Å². The van der Waals surface area contributed by atoms with E-state index in [0.29, 0.717) is 23.0 Å². The fourth-order valence-electron chi connectivity index (χ4n) is 4.05. The fourth-order valence-corrected chi connectivity index (χ4v) is 5.47. The van der Waals surface area contributed by atoms with Gasteiger partial charge in [-0.3, -0.25) is 14.4 Å². The van der Waals surface area contributed by atoms with Gasteiger partial charge in [0.15, 0.2) is 0 Å². The molecule has 6 nitrogen and oxygen atoms in total. The molecule has 0 radical (unpaired) electrons. The van der Waals surface area contributed by atoms with Crippen LogP contribution in [0.1, 0.15) is 40.6 Å². The number of fused-ring (bicyclic) bond motifs is 1. The lowest BCUT2D eigenvalue weighted by atomic mass is 9.88. The van der Waals surface area contributed by atoms with Crippen LogP contribution in [0.4, 0.5) is 10.7 Å². The third-order valence-corrected chi connectivity index (χ3v) is 6.73. The lowest BCUT2D eigenvalue weighted by Gasteiger charge is -2.18. The number of amides is 3. The second-order valence-electron chi connectivity index (χ2n) is 7.65. The van der Waals surface area contributed by atoms with Gasteiger partial charge in [0.1, 0.15) is 5.00 Å². The number of nitrogens with two attached hydrogens (primary N) is 1. The first kappa shape index (κ1) is 18.7. The van der Waals surface area contributed by atoms with Gasteiger partial charge in [0.25, 0.3) is 5.91 Å². The highest BCUT2D eigenvalue weighted by molar-refractivity contribution is 7.17. The van der Waals surface area contributed by atoms with E-state index in [0.717, 1.165) is 35.4 Å². The molecule has 2 aromatic rings. The Hall–Kier alpha value is -2.67. The molecule has 1 fully saturated rings. The molecule has 2 atom stereocenters. The molecule has 0 saturated carbocycles. The number of carbonyl (C=O) groups excluding carboxylic acids is 3. The average Bonchev–Trinajstić information content (AvgIpc) is 3.22. The molecule has 2 aliphatic rings. The Kier molecular flexibility index (Phi) is 4.93. The summed E-state index contributed by atoms with van der Waals surface area (Å²) in [5, 5.41) is 3.43. The number of primary amides is 1. The SMILES string of the molecule is CC1CCc2c(sc(NC(=O)C3CC(=O)N(c4ccccc4)C3)c2C(N)=O)C1. The number of nitrogens with one attached hydrogen (secondary N) is 1. The van der Waals surface area contributed by atoms with Crippen LogP contribution < -0.4 is 16.0 Å². The summed E-state index contributed by atoms with van der Waals surface area (Å²) in [6.45, 7) is 2.52. The lowest BCUT2D eigenvalue weighted by Crippen LogP contribution is -2.28. The Morgan fingerprint density at radius 2 is 1.96 bits per heavy atom. The highest BCUT2D eigenvalue weighted by atomic mass is 32.1. The number of carbonyl (C=O) groups is 3. The van der Waals surface area contributed by atoms with Crippen LogP contribution in [-0.4, -0.2) is 24.3 Å². The van der Waals surface area contributed by atoms with Crippen LogP contribution in [0, 0.1) is 11.8 Å². The van der Waals surface area contributed by atoms with Gasteiger partial charge in [-0.05, 0) is 42.9 Å². The standard InChI is InChI=1S/C21H23N3O3S/c1-12-7-8-15-16(9-12)28-21(18(15)19(22)26)23-20(27)13-10-17(25)24(11-13)14-5-3-2-4-6-14/h2-6,12-13H,7-11H2,1H3,(H2,22,26)(H,23,27). The first-order chi connectivity index (χ1) is 13.4. The topological polar surface area (TPSA) is 92.5 Å². The van der Waals surface area contributed by atoms with E-state index < -0.39 is 11.8 Å². The number of thiophene rings is 1. The van der Waals surface area contributed by atoms with Crippen LogP contribution in [0.5, 0.6) is 0 Å². The molecule has 2 heterocycles. The van der Waals surface area contributed by atoms with Crippen molar-refractivity contribution in [2.75, 3.05) is 16.8 Å². The molecule has 0 bridgehead atoms. The number of nitrogens with zero attached hydrogens (tertiary/aromatic N) is 1. The smallest absolute Gasteiger partial charge is 0.251 e. The second kappa shape index (κ2) is 7.39. The maximum atomic E-state index is 12.9. The first-order valence-electron chi connectivity index (χ1n) is 9.54. The summed E-state index contributed by atoms with van der Waals surface area (Å²) >= 11 is 1.45. The number of para-hydroxylation sites is 1. The van der Waals surface area contributed by atoms with E-state index >= 15 is 0 Å². The zero-order chi connectivity index (χ0) is 19.8. The van der Waals surface area contributed by atoms with E-state index in [-0.39, 0.29) is 18.2 Å². The maximum Gasteiger partial charge on any atom is 0.251 e. The predicted octanol–water partition coefficient (Wildman–Crippen LogP) is 2.96. The van der Waals surface area contributed by atoms with Crippen LogP contribution in [0.2, 0.25) is 0 Å². The van der Waals surface area contributed by atoms with Crippen molar-refractivity contribution in [3.63, 3.8) is 0 Å². The Bertz CT molecular complexity index is 938. The van der Waals surface area contributed by atoms with Crippen molar-refractivity contribution < 1.29 is 14.4 Å². The first-order valence-corrected chi connectivity index (χ1v) is 10.4. The van der Waals surface area contributed by atoms with Crippen LogP contribution in [0.25, 0.3) is 0 Å². The van der Waals surface area contributed by atoms with Crippen LogP contribution in [0.3, 0.4) is 0 Å². The second-order valence-corrected chi connectivity index (χ2v) is 8.76. The normalized spacial score (nSPS) is 21.5. The molecule has 7 heteroatoms. The molecule has 3 N–H and O–H groups in total. The number of benzene rings is 1. The summed E-state index contributed by atoms with van der Waals surface area (Å²) in [6, 6.07) is 9.34. The summed E-state index contributed by atoms with van der Waals surface area (Å²) in [4.78, 5) is 40.1. The predicted molar refractivity (Wildman–Crippen MR) is 110 cm³/mol. The van der Waals surface area contributed by atoms with Gasteiger partial charge in [0, 0.05) is 23.5 Å². The zero-order valence-electron chi connectivity index (χ0n) is 15.7. The molecule has 1 aliphatic heterocycles. The van der Waals surface area contributed by atoms with E-state index in [1.807, 2.05) is 30.3 Å². The Morgan fingerprint density at radius 3 is 2.68 bits per heavy atom. The lowest BCUT2D eigenvalue weighted by molar-refractivity contribution is -0.122. The number of hydrogen-bond donors (Lipinski definition) is 2. The van der Waals surface area contributed by atoms with Crippen molar-refractivity contribution in [1.82, 2.24) is 0 Å². The van der Waals surface area contributed by atoms with Crippen molar-refractivity contribution >= 4 is 39.7 Å². The van der Waals surface area contributed by atoms with E-state index in [2.05, 4.69) is 12.2 Å². The van der Waals surface area contributed by atoms with E-state index in [4.69, 9.17) is 5.73 Å². The summed E-state index contributed by atoms with van der Waals surface area (Å²) in [5.74, 6) is -0.703. The van der Waals surface area contributed by atoms with Gasteiger partial charge in [0.2, 0.25) is 11.8 Å². The highest BCUT2D eigenvalue weighted by Crippen LogP contribution is 2.40. The molecule has 4 rings (SSSR count). The minimum Gasteiger partial charge on any atom is -0.365 e. The van der Waals surface area contributed by atoms with Gasteiger partial charge in [0.05, 0.1) is 11.5 Å². The van der Waals surface area contributed by atoms with E-state index in [1.54, 1.807) is 4.90 Å². The van der Waals surface area contributed by atoms with E-state index in [9.17, 15) is 14.4 Å². The monoisotopic (exact) mass is 397 g/mol. The highest BCUT2D eigenvalue weighted by Gasteiger charge is 2.36. The minimum atomic E-state index is -0.504. The van der Waals surface area contributed by atoms with Gasteiger partial charge in [-0.2, -0.15) is 0 Å². The van der Waals surface area contributed by atoms with Crippen molar-refractivity contribution in [3.05, 3.63) is 46.3 Å². The van der Waals surface area contributed by atoms with Crippen molar-refractivity contribution in [3.8, 4) is 0 Å². The van der Waals surface area contributed by atoms with Gasteiger partial charge in [-0.15, -0.1) is 11.3 Å². The molecule has 1 saturated heterocycles.